The zero-order valence-corrected chi connectivity index (χ0v) is 13.1. The van der Waals surface area contributed by atoms with Gasteiger partial charge in [-0.15, -0.1) is 6.58 Å². The van der Waals surface area contributed by atoms with Crippen LogP contribution in [0.15, 0.2) is 24.8 Å². The standard InChI is InChI=1S/C17H24O4/c1-6-16(3,4)15-17(5,10-18)13-11(21-15)8-9-12(14(13)19)20-7-2/h6,8-9,15,18-19H,1,7,10H2,2-5H3/t15-,17-/m0/s1. The fraction of sp³-hybridized carbons (Fsp3) is 0.529. The number of aliphatic hydroxyl groups excluding tert-OH is 1. The molecular formula is C17H24O4. The van der Waals surface area contributed by atoms with Crippen molar-refractivity contribution in [1.29, 1.82) is 0 Å². The van der Waals surface area contributed by atoms with Crippen molar-refractivity contribution in [3.05, 3.63) is 30.4 Å². The van der Waals surface area contributed by atoms with E-state index in [4.69, 9.17) is 9.47 Å². The molecule has 4 nitrogen and oxygen atoms in total. The topological polar surface area (TPSA) is 58.9 Å². The van der Waals surface area contributed by atoms with Gasteiger partial charge in [0.25, 0.3) is 0 Å². The van der Waals surface area contributed by atoms with E-state index >= 15 is 0 Å². The van der Waals surface area contributed by atoms with Crippen LogP contribution < -0.4 is 9.47 Å². The largest absolute Gasteiger partial charge is 0.504 e. The van der Waals surface area contributed by atoms with Crippen molar-refractivity contribution >= 4 is 0 Å². The Morgan fingerprint density at radius 2 is 2.14 bits per heavy atom. The number of fused-ring (bicyclic) bond motifs is 1. The molecule has 0 bridgehead atoms. The molecule has 0 amide bonds. The Bertz CT molecular complexity index is 550. The number of benzene rings is 1. The molecule has 1 aliphatic heterocycles. The summed E-state index contributed by atoms with van der Waals surface area (Å²) in [5.41, 5.74) is -0.463. The average molecular weight is 292 g/mol. The van der Waals surface area contributed by atoms with Gasteiger partial charge in [0.1, 0.15) is 11.9 Å². The lowest BCUT2D eigenvalue weighted by atomic mass is 9.69. The minimum absolute atomic E-state index is 0.0493. The smallest absolute Gasteiger partial charge is 0.165 e. The van der Waals surface area contributed by atoms with Crippen molar-refractivity contribution in [2.24, 2.45) is 5.41 Å². The molecule has 0 radical (unpaired) electrons. The van der Waals surface area contributed by atoms with Crippen molar-refractivity contribution in [1.82, 2.24) is 0 Å². The summed E-state index contributed by atoms with van der Waals surface area (Å²) in [7, 11) is 0. The van der Waals surface area contributed by atoms with Crippen LogP contribution in [0.1, 0.15) is 33.3 Å². The first-order valence-electron chi connectivity index (χ1n) is 7.22. The third kappa shape index (κ3) is 2.27. The highest BCUT2D eigenvalue weighted by Crippen LogP contribution is 2.54. The maximum Gasteiger partial charge on any atom is 0.165 e. The molecule has 21 heavy (non-hydrogen) atoms. The molecule has 4 heteroatoms. The van der Waals surface area contributed by atoms with Crippen molar-refractivity contribution in [2.45, 2.75) is 39.2 Å². The van der Waals surface area contributed by atoms with Crippen LogP contribution in [0.4, 0.5) is 0 Å². The first kappa shape index (κ1) is 15.7. The first-order valence-corrected chi connectivity index (χ1v) is 7.22. The molecule has 0 aliphatic carbocycles. The predicted octanol–water partition coefficient (Wildman–Crippen LogP) is 3.01. The Hall–Kier alpha value is -1.68. The van der Waals surface area contributed by atoms with E-state index in [2.05, 4.69) is 6.58 Å². The van der Waals surface area contributed by atoms with Crippen LogP contribution in [0, 0.1) is 5.41 Å². The van der Waals surface area contributed by atoms with Crippen LogP contribution in [-0.4, -0.2) is 29.5 Å². The van der Waals surface area contributed by atoms with Gasteiger partial charge in [-0.1, -0.05) is 19.9 Å². The molecule has 116 valence electrons. The van der Waals surface area contributed by atoms with Crippen LogP contribution in [0.2, 0.25) is 0 Å². The third-order valence-corrected chi connectivity index (χ3v) is 4.33. The van der Waals surface area contributed by atoms with E-state index in [1.807, 2.05) is 33.8 Å². The van der Waals surface area contributed by atoms with Gasteiger partial charge in [-0.2, -0.15) is 0 Å². The van der Waals surface area contributed by atoms with Crippen LogP contribution >= 0.6 is 0 Å². The van der Waals surface area contributed by atoms with Gasteiger partial charge in [-0.05, 0) is 26.0 Å². The summed E-state index contributed by atoms with van der Waals surface area (Å²) < 4.78 is 11.5. The van der Waals surface area contributed by atoms with E-state index in [9.17, 15) is 10.2 Å². The van der Waals surface area contributed by atoms with Crippen molar-refractivity contribution in [3.8, 4) is 17.2 Å². The molecule has 0 saturated carbocycles. The minimum atomic E-state index is -0.718. The highest BCUT2D eigenvalue weighted by Gasteiger charge is 2.53. The lowest BCUT2D eigenvalue weighted by Crippen LogP contribution is -2.47. The molecule has 0 spiro atoms. The van der Waals surface area contributed by atoms with Crippen LogP contribution in [0.3, 0.4) is 0 Å². The zero-order valence-electron chi connectivity index (χ0n) is 13.1. The molecule has 2 N–H and O–H groups in total. The molecule has 0 fully saturated rings. The minimum Gasteiger partial charge on any atom is -0.504 e. The quantitative estimate of drug-likeness (QED) is 0.819. The molecule has 1 aromatic rings. The molecule has 2 atom stereocenters. The zero-order chi connectivity index (χ0) is 15.8. The second-order valence-electron chi connectivity index (χ2n) is 6.32. The van der Waals surface area contributed by atoms with E-state index in [-0.39, 0.29) is 23.9 Å². The van der Waals surface area contributed by atoms with Gasteiger partial charge in [0.05, 0.1) is 24.2 Å². The lowest BCUT2D eigenvalue weighted by molar-refractivity contribution is 0.0352. The second kappa shape index (κ2) is 5.26. The number of hydrogen-bond acceptors (Lipinski definition) is 4. The summed E-state index contributed by atoms with van der Waals surface area (Å²) in [5.74, 6) is 1.05. The van der Waals surface area contributed by atoms with E-state index in [1.54, 1.807) is 12.1 Å². The van der Waals surface area contributed by atoms with Crippen LogP contribution in [0.5, 0.6) is 17.2 Å². The molecule has 0 saturated heterocycles. The summed E-state index contributed by atoms with van der Waals surface area (Å²) in [4.78, 5) is 0. The van der Waals surface area contributed by atoms with Crippen molar-refractivity contribution < 1.29 is 19.7 Å². The summed E-state index contributed by atoms with van der Waals surface area (Å²) in [6.07, 6.45) is 1.50. The Morgan fingerprint density at radius 1 is 1.48 bits per heavy atom. The Kier molecular flexibility index (Phi) is 3.93. The molecule has 0 unspecified atom stereocenters. The van der Waals surface area contributed by atoms with Gasteiger partial charge in [-0.3, -0.25) is 0 Å². The summed E-state index contributed by atoms with van der Waals surface area (Å²) in [6, 6.07) is 3.48. The normalized spacial score (nSPS) is 24.3. The second-order valence-corrected chi connectivity index (χ2v) is 6.32. The average Bonchev–Trinajstić information content (AvgIpc) is 2.77. The van der Waals surface area contributed by atoms with Crippen molar-refractivity contribution in [2.75, 3.05) is 13.2 Å². The highest BCUT2D eigenvalue weighted by atomic mass is 16.5. The molecule has 1 heterocycles. The number of aliphatic hydroxyl groups is 1. The number of aromatic hydroxyl groups is 1. The van der Waals surface area contributed by atoms with Crippen LogP contribution in [-0.2, 0) is 5.41 Å². The van der Waals surface area contributed by atoms with E-state index in [1.165, 1.54) is 0 Å². The number of rotatable bonds is 5. The van der Waals surface area contributed by atoms with Gasteiger partial charge in [0.2, 0.25) is 0 Å². The van der Waals surface area contributed by atoms with Gasteiger partial charge < -0.3 is 19.7 Å². The highest BCUT2D eigenvalue weighted by molar-refractivity contribution is 5.59. The number of phenolic OH excluding ortho intramolecular Hbond substituents is 1. The molecule has 1 aromatic carbocycles. The lowest BCUT2D eigenvalue weighted by Gasteiger charge is -2.38. The van der Waals surface area contributed by atoms with Crippen molar-refractivity contribution in [3.63, 3.8) is 0 Å². The molecule has 0 aromatic heterocycles. The maximum atomic E-state index is 10.5. The first-order chi connectivity index (χ1) is 9.81. The summed E-state index contributed by atoms with van der Waals surface area (Å²) in [5, 5.41) is 20.5. The monoisotopic (exact) mass is 292 g/mol. The fourth-order valence-electron chi connectivity index (χ4n) is 3.11. The predicted molar refractivity (Wildman–Crippen MR) is 82.1 cm³/mol. The SMILES string of the molecule is C=CC(C)(C)[C@@H]1Oc2ccc(OCC)c(O)c2[C@]1(C)CO. The fourth-order valence-corrected chi connectivity index (χ4v) is 3.11. The van der Waals surface area contributed by atoms with E-state index in [0.717, 1.165) is 0 Å². The van der Waals surface area contributed by atoms with Gasteiger partial charge in [-0.25, -0.2) is 0 Å². The van der Waals surface area contributed by atoms with E-state index < -0.39 is 5.41 Å². The third-order valence-electron chi connectivity index (χ3n) is 4.33. The molecule has 1 aliphatic rings. The number of phenols is 1. The summed E-state index contributed by atoms with van der Waals surface area (Å²) in [6.45, 7) is 12.0. The van der Waals surface area contributed by atoms with Gasteiger partial charge in [0.15, 0.2) is 11.5 Å². The molecule has 2 rings (SSSR count). The maximum absolute atomic E-state index is 10.5. The Balaban J connectivity index is 2.59. The number of hydrogen-bond donors (Lipinski definition) is 2. The molecular weight excluding hydrogens is 268 g/mol. The van der Waals surface area contributed by atoms with Crippen LogP contribution in [0.25, 0.3) is 0 Å². The number of ether oxygens (including phenoxy) is 2. The Morgan fingerprint density at radius 3 is 2.67 bits per heavy atom. The van der Waals surface area contributed by atoms with E-state index in [0.29, 0.717) is 23.7 Å². The Labute approximate surface area is 126 Å². The van der Waals surface area contributed by atoms with Gasteiger partial charge >= 0.3 is 0 Å². The van der Waals surface area contributed by atoms with Gasteiger partial charge in [0, 0.05) is 5.41 Å². The summed E-state index contributed by atoms with van der Waals surface area (Å²) >= 11 is 0.